The van der Waals surface area contributed by atoms with Crippen molar-refractivity contribution in [1.82, 2.24) is 0 Å². The van der Waals surface area contributed by atoms with Crippen LogP contribution < -0.4 is 5.73 Å². The Balaban J connectivity index is 2.83. The first-order valence-electron chi connectivity index (χ1n) is 5.54. The average Bonchev–Trinajstić information content (AvgIpc) is 2.28. The molecular formula is C12H15NO5S. The largest absolute Gasteiger partial charge is 0.481 e. The molecule has 0 aliphatic carbocycles. The SMILES string of the molecule is CC(CC(=O)O)S(=O)(=O)Cc1ccc(C(N)=O)cc1. The van der Waals surface area contributed by atoms with E-state index in [2.05, 4.69) is 0 Å². The van der Waals surface area contributed by atoms with Gasteiger partial charge in [0, 0.05) is 5.56 Å². The summed E-state index contributed by atoms with van der Waals surface area (Å²) in [4.78, 5) is 21.4. The molecule has 104 valence electrons. The maximum absolute atomic E-state index is 11.9. The highest BCUT2D eigenvalue weighted by Gasteiger charge is 2.23. The molecule has 1 rings (SSSR count). The smallest absolute Gasteiger partial charge is 0.304 e. The Morgan fingerprint density at radius 3 is 2.21 bits per heavy atom. The number of hydrogen-bond donors (Lipinski definition) is 2. The van der Waals surface area contributed by atoms with E-state index in [9.17, 15) is 18.0 Å². The average molecular weight is 285 g/mol. The third-order valence-corrected chi connectivity index (χ3v) is 4.81. The highest BCUT2D eigenvalue weighted by molar-refractivity contribution is 7.91. The van der Waals surface area contributed by atoms with Gasteiger partial charge in [0.15, 0.2) is 9.84 Å². The number of aliphatic carboxylic acids is 1. The zero-order valence-electron chi connectivity index (χ0n) is 10.4. The molecule has 6 nitrogen and oxygen atoms in total. The molecule has 7 heteroatoms. The predicted molar refractivity (Wildman–Crippen MR) is 69.3 cm³/mol. The Labute approximate surface area is 111 Å². The van der Waals surface area contributed by atoms with E-state index in [1.807, 2.05) is 0 Å². The van der Waals surface area contributed by atoms with Crippen LogP contribution in [0.3, 0.4) is 0 Å². The monoisotopic (exact) mass is 285 g/mol. The summed E-state index contributed by atoms with van der Waals surface area (Å²) in [5.41, 5.74) is 5.85. The lowest BCUT2D eigenvalue weighted by Gasteiger charge is -2.10. The number of nitrogens with two attached hydrogens (primary N) is 1. The number of primary amides is 1. The number of rotatable bonds is 6. The van der Waals surface area contributed by atoms with Crippen LogP contribution in [0.1, 0.15) is 29.3 Å². The topological polar surface area (TPSA) is 115 Å². The molecule has 19 heavy (non-hydrogen) atoms. The molecule has 1 aromatic carbocycles. The molecule has 0 fully saturated rings. The van der Waals surface area contributed by atoms with E-state index >= 15 is 0 Å². The fourth-order valence-electron chi connectivity index (χ4n) is 1.51. The summed E-state index contributed by atoms with van der Waals surface area (Å²) in [5.74, 6) is -2.01. The molecule has 0 saturated heterocycles. The lowest BCUT2D eigenvalue weighted by atomic mass is 10.1. The standard InChI is InChI=1S/C12H15NO5S/c1-8(6-11(14)15)19(17,18)7-9-2-4-10(5-3-9)12(13)16/h2-5,8H,6-7H2,1H3,(H2,13,16)(H,14,15). The van der Waals surface area contributed by atoms with Gasteiger partial charge in [-0.05, 0) is 24.6 Å². The summed E-state index contributed by atoms with van der Waals surface area (Å²) < 4.78 is 23.8. The second-order valence-electron chi connectivity index (χ2n) is 4.28. The molecule has 1 atom stereocenters. The number of carbonyl (C=O) groups is 2. The molecule has 0 aliphatic rings. The van der Waals surface area contributed by atoms with Crippen LogP contribution in [-0.2, 0) is 20.4 Å². The van der Waals surface area contributed by atoms with Gasteiger partial charge in [-0.1, -0.05) is 12.1 Å². The number of benzene rings is 1. The summed E-state index contributed by atoms with van der Waals surface area (Å²) in [5, 5.41) is 7.64. The Kier molecular flexibility index (Phi) is 4.66. The third-order valence-electron chi connectivity index (χ3n) is 2.68. The highest BCUT2D eigenvalue weighted by atomic mass is 32.2. The van der Waals surface area contributed by atoms with Crippen LogP contribution in [-0.4, -0.2) is 30.7 Å². The van der Waals surface area contributed by atoms with E-state index in [0.717, 1.165) is 0 Å². The maximum atomic E-state index is 11.9. The first kappa shape index (κ1) is 15.2. The zero-order chi connectivity index (χ0) is 14.6. The molecule has 0 aliphatic heterocycles. The lowest BCUT2D eigenvalue weighted by Crippen LogP contribution is -2.22. The normalized spacial score (nSPS) is 12.9. The molecule has 0 saturated carbocycles. The number of carboxylic acid groups (broad SMARTS) is 1. The van der Waals surface area contributed by atoms with E-state index in [-0.39, 0.29) is 5.75 Å². The van der Waals surface area contributed by atoms with Gasteiger partial charge in [0.2, 0.25) is 5.91 Å². The summed E-state index contributed by atoms with van der Waals surface area (Å²) in [6.45, 7) is 1.36. The zero-order valence-corrected chi connectivity index (χ0v) is 11.2. The third kappa shape index (κ3) is 4.36. The Morgan fingerprint density at radius 2 is 1.79 bits per heavy atom. The van der Waals surface area contributed by atoms with Crippen molar-refractivity contribution < 1.29 is 23.1 Å². The molecular weight excluding hydrogens is 270 g/mol. The van der Waals surface area contributed by atoms with Crippen molar-refractivity contribution in [2.24, 2.45) is 5.73 Å². The lowest BCUT2D eigenvalue weighted by molar-refractivity contribution is -0.136. The number of carbonyl (C=O) groups excluding carboxylic acids is 1. The van der Waals surface area contributed by atoms with Gasteiger partial charge in [0.1, 0.15) is 0 Å². The molecule has 1 unspecified atom stereocenters. The first-order chi connectivity index (χ1) is 8.72. The van der Waals surface area contributed by atoms with Crippen molar-refractivity contribution in [1.29, 1.82) is 0 Å². The van der Waals surface area contributed by atoms with Gasteiger partial charge in [-0.25, -0.2) is 8.42 Å². The summed E-state index contributed by atoms with van der Waals surface area (Å²) in [7, 11) is -3.54. The molecule has 1 amide bonds. The summed E-state index contributed by atoms with van der Waals surface area (Å²) in [6, 6.07) is 5.86. The number of hydrogen-bond acceptors (Lipinski definition) is 4. The molecule has 0 aromatic heterocycles. The van der Waals surface area contributed by atoms with Crippen molar-refractivity contribution in [2.45, 2.75) is 24.3 Å². The van der Waals surface area contributed by atoms with Crippen LogP contribution in [0.5, 0.6) is 0 Å². The van der Waals surface area contributed by atoms with Crippen LogP contribution in [0.15, 0.2) is 24.3 Å². The van der Waals surface area contributed by atoms with Gasteiger partial charge >= 0.3 is 5.97 Å². The fourth-order valence-corrected chi connectivity index (χ4v) is 2.85. The van der Waals surface area contributed by atoms with Gasteiger partial charge < -0.3 is 10.8 Å². The quantitative estimate of drug-likeness (QED) is 0.792. The minimum absolute atomic E-state index is 0.263. The highest BCUT2D eigenvalue weighted by Crippen LogP contribution is 2.14. The van der Waals surface area contributed by atoms with Crippen LogP contribution >= 0.6 is 0 Å². The van der Waals surface area contributed by atoms with Crippen LogP contribution in [0.4, 0.5) is 0 Å². The number of amides is 1. The number of sulfone groups is 1. The van der Waals surface area contributed by atoms with Gasteiger partial charge in [0.05, 0.1) is 17.4 Å². The van der Waals surface area contributed by atoms with E-state index in [4.69, 9.17) is 10.8 Å². The predicted octanol–water partition coefficient (Wildman–Crippen LogP) is 0.563. The van der Waals surface area contributed by atoms with Gasteiger partial charge in [0.25, 0.3) is 0 Å². The van der Waals surface area contributed by atoms with E-state index in [1.165, 1.54) is 31.2 Å². The van der Waals surface area contributed by atoms with E-state index < -0.39 is 33.4 Å². The van der Waals surface area contributed by atoms with Gasteiger partial charge in [-0.15, -0.1) is 0 Å². The molecule has 1 aromatic rings. The molecule has 3 N–H and O–H groups in total. The van der Waals surface area contributed by atoms with E-state index in [1.54, 1.807) is 0 Å². The Hall–Kier alpha value is -1.89. The van der Waals surface area contributed by atoms with E-state index in [0.29, 0.717) is 11.1 Å². The van der Waals surface area contributed by atoms with Crippen LogP contribution in [0.25, 0.3) is 0 Å². The maximum Gasteiger partial charge on any atom is 0.304 e. The second-order valence-corrected chi connectivity index (χ2v) is 6.70. The summed E-state index contributed by atoms with van der Waals surface area (Å²) >= 11 is 0. The fraction of sp³-hybridized carbons (Fsp3) is 0.333. The van der Waals surface area contributed by atoms with Crippen LogP contribution in [0, 0.1) is 0 Å². The molecule has 0 heterocycles. The van der Waals surface area contributed by atoms with Crippen molar-refractivity contribution in [3.63, 3.8) is 0 Å². The molecule has 0 radical (unpaired) electrons. The number of carboxylic acids is 1. The Morgan fingerprint density at radius 1 is 1.26 bits per heavy atom. The Bertz CT molecular complexity index is 577. The molecule has 0 bridgehead atoms. The minimum atomic E-state index is -3.54. The second kappa shape index (κ2) is 5.83. The molecule has 0 spiro atoms. The summed E-state index contributed by atoms with van der Waals surface area (Å²) in [6.07, 6.45) is -0.429. The van der Waals surface area contributed by atoms with Crippen molar-refractivity contribution in [3.05, 3.63) is 35.4 Å². The van der Waals surface area contributed by atoms with Crippen molar-refractivity contribution in [2.75, 3.05) is 0 Å². The first-order valence-corrected chi connectivity index (χ1v) is 7.26. The van der Waals surface area contributed by atoms with Gasteiger partial charge in [-0.3, -0.25) is 9.59 Å². The van der Waals surface area contributed by atoms with Gasteiger partial charge in [-0.2, -0.15) is 0 Å². The van der Waals surface area contributed by atoms with Crippen molar-refractivity contribution >= 4 is 21.7 Å². The van der Waals surface area contributed by atoms with Crippen LogP contribution in [0.2, 0.25) is 0 Å². The van der Waals surface area contributed by atoms with Crippen molar-refractivity contribution in [3.8, 4) is 0 Å². The minimum Gasteiger partial charge on any atom is -0.481 e.